The van der Waals surface area contributed by atoms with E-state index in [-0.39, 0.29) is 28.2 Å². The van der Waals surface area contributed by atoms with Gasteiger partial charge in [-0.2, -0.15) is 0 Å². The zero-order valence-corrected chi connectivity index (χ0v) is 19.3. The number of aromatic nitrogens is 1. The molecule has 0 aliphatic heterocycles. The smallest absolute Gasteiger partial charge is 0.318 e. The van der Waals surface area contributed by atoms with Crippen LogP contribution in [0.15, 0.2) is 48.5 Å². The van der Waals surface area contributed by atoms with E-state index < -0.39 is 23.8 Å². The molecule has 1 atom stereocenters. The molecule has 1 aromatic heterocycles. The monoisotopic (exact) mass is 459 g/mol. The Morgan fingerprint density at radius 2 is 1.62 bits per heavy atom. The molecule has 2 aromatic carbocycles. The third-order valence-corrected chi connectivity index (χ3v) is 5.13. The van der Waals surface area contributed by atoms with Crippen LogP contribution in [0.2, 0.25) is 0 Å². The van der Waals surface area contributed by atoms with Crippen LogP contribution in [0.25, 0.3) is 10.9 Å². The van der Waals surface area contributed by atoms with Crippen molar-refractivity contribution in [1.29, 1.82) is 0 Å². The van der Waals surface area contributed by atoms with E-state index >= 15 is 0 Å². The van der Waals surface area contributed by atoms with Crippen molar-refractivity contribution >= 4 is 40.9 Å². The molecule has 0 spiro atoms. The van der Waals surface area contributed by atoms with Gasteiger partial charge in [0, 0.05) is 12.2 Å². The minimum atomic E-state index is -1.06. The maximum absolute atomic E-state index is 12.8. The molecular weight excluding hydrogens is 432 g/mol. The number of nitrogens with two attached hydrogens (primary N) is 2. The molecular formula is C23H28ClN4O4+. The molecule has 0 saturated heterocycles. The van der Waals surface area contributed by atoms with Gasteiger partial charge in [-0.3, -0.25) is 18.9 Å². The molecule has 1 heterocycles. The van der Waals surface area contributed by atoms with Gasteiger partial charge in [-0.05, 0) is 24.6 Å². The van der Waals surface area contributed by atoms with E-state index in [9.17, 15) is 14.4 Å². The normalized spacial score (nSPS) is 12.1. The summed E-state index contributed by atoms with van der Waals surface area (Å²) < 4.78 is 8.07. The number of rotatable bonds is 8. The summed E-state index contributed by atoms with van der Waals surface area (Å²) in [6, 6.07) is 15.0. The lowest BCUT2D eigenvalue weighted by atomic mass is 10.1. The summed E-state index contributed by atoms with van der Waals surface area (Å²) in [7, 11) is 5.32. The number of ether oxygens (including phenoxy) is 1. The van der Waals surface area contributed by atoms with Gasteiger partial charge in [0.25, 0.3) is 11.7 Å². The lowest BCUT2D eigenvalue weighted by molar-refractivity contribution is -0.904. The van der Waals surface area contributed by atoms with Crippen LogP contribution in [0.5, 0.6) is 5.75 Å². The highest BCUT2D eigenvalue weighted by Gasteiger charge is 2.34. The number of fused-ring (bicyclic) bond motifs is 1. The van der Waals surface area contributed by atoms with Gasteiger partial charge in [-0.25, -0.2) is 0 Å². The molecule has 170 valence electrons. The van der Waals surface area contributed by atoms with Gasteiger partial charge in [0.05, 0.1) is 37.6 Å². The van der Waals surface area contributed by atoms with Crippen molar-refractivity contribution in [3.05, 3.63) is 65.4 Å². The van der Waals surface area contributed by atoms with Crippen molar-refractivity contribution in [2.75, 3.05) is 21.1 Å². The Bertz CT molecular complexity index is 1170. The Morgan fingerprint density at radius 3 is 2.16 bits per heavy atom. The number of ketones is 1. The van der Waals surface area contributed by atoms with E-state index in [1.54, 1.807) is 40.2 Å². The molecule has 4 N–H and O–H groups in total. The van der Waals surface area contributed by atoms with Crippen LogP contribution in [-0.4, -0.2) is 54.0 Å². The van der Waals surface area contributed by atoms with E-state index in [0.29, 0.717) is 23.1 Å². The number of Topliss-reactive ketones (excluding diaryl/α,β-unsaturated/α-hetero) is 1. The molecule has 0 aliphatic rings. The highest BCUT2D eigenvalue weighted by Crippen LogP contribution is 2.35. The fourth-order valence-electron chi connectivity index (χ4n) is 3.68. The van der Waals surface area contributed by atoms with Crippen molar-refractivity contribution in [2.45, 2.75) is 19.7 Å². The Labute approximate surface area is 192 Å². The number of carbonyl (C=O) groups excluding carboxylic acids is 3. The number of quaternary nitrogens is 1. The molecule has 3 aromatic rings. The molecule has 0 aliphatic carbocycles. The van der Waals surface area contributed by atoms with Gasteiger partial charge in [0.1, 0.15) is 5.75 Å². The Hall–Kier alpha value is -3.36. The highest BCUT2D eigenvalue weighted by atomic mass is 35.5. The minimum Gasteiger partial charge on any atom is -0.433 e. The first-order valence-electron chi connectivity index (χ1n) is 9.79. The molecule has 0 saturated carbocycles. The fraction of sp³-hybridized carbons (Fsp3) is 0.261. The van der Waals surface area contributed by atoms with Crippen molar-refractivity contribution in [3.8, 4) is 5.75 Å². The molecule has 0 fully saturated rings. The average molecular weight is 460 g/mol. The summed E-state index contributed by atoms with van der Waals surface area (Å²) in [5.74, 6) is -2.23. The second-order valence-electron chi connectivity index (χ2n) is 8.36. The number of benzene rings is 2. The topological polar surface area (TPSA) is 117 Å². The van der Waals surface area contributed by atoms with Gasteiger partial charge in [-0.15, -0.1) is 12.4 Å². The summed E-state index contributed by atoms with van der Waals surface area (Å²) >= 11 is 0. The first-order chi connectivity index (χ1) is 14.5. The minimum absolute atomic E-state index is 0. The molecule has 8 nitrogen and oxygen atoms in total. The van der Waals surface area contributed by atoms with Crippen LogP contribution in [-0.2, 0) is 16.1 Å². The second kappa shape index (κ2) is 9.42. The number of halogens is 1. The molecule has 32 heavy (non-hydrogen) atoms. The molecule has 2 amide bonds. The number of amides is 2. The number of hydrogen-bond donors (Lipinski definition) is 2. The average Bonchev–Trinajstić information content (AvgIpc) is 2.97. The Morgan fingerprint density at radius 1 is 1.00 bits per heavy atom. The van der Waals surface area contributed by atoms with E-state index in [1.165, 1.54) is 0 Å². The summed E-state index contributed by atoms with van der Waals surface area (Å²) in [5, 5.41) is 0.430. The highest BCUT2D eigenvalue weighted by molar-refractivity contribution is 6.45. The van der Waals surface area contributed by atoms with Gasteiger partial charge in [0.15, 0.2) is 0 Å². The van der Waals surface area contributed by atoms with E-state index in [2.05, 4.69) is 0 Å². The van der Waals surface area contributed by atoms with E-state index in [1.807, 2.05) is 41.0 Å². The van der Waals surface area contributed by atoms with Crippen LogP contribution in [0, 0.1) is 6.92 Å². The summed E-state index contributed by atoms with van der Waals surface area (Å²) in [6.07, 6.45) is -1.00. The zero-order chi connectivity index (χ0) is 22.9. The maximum Gasteiger partial charge on any atom is 0.318 e. The quantitative estimate of drug-likeness (QED) is 0.232. The van der Waals surface area contributed by atoms with Crippen LogP contribution >= 0.6 is 12.4 Å². The number of hydrogen-bond acceptors (Lipinski definition) is 4. The summed E-state index contributed by atoms with van der Waals surface area (Å²) in [4.78, 5) is 36.6. The second-order valence-corrected chi connectivity index (χ2v) is 8.36. The first kappa shape index (κ1) is 24.9. The fourth-order valence-corrected chi connectivity index (χ4v) is 3.68. The van der Waals surface area contributed by atoms with Crippen molar-refractivity contribution < 1.29 is 23.6 Å². The Kier molecular flexibility index (Phi) is 7.33. The number of primary amides is 2. The lowest BCUT2D eigenvalue weighted by Gasteiger charge is -2.31. The number of likely N-dealkylation sites (N-methyl/N-ethyl adjacent to an activating group) is 1. The van der Waals surface area contributed by atoms with Gasteiger partial charge in [0.2, 0.25) is 0 Å². The van der Waals surface area contributed by atoms with Crippen LogP contribution in [0.1, 0.15) is 21.6 Å². The standard InChI is InChI=1S/C23H26N4O4.ClH/c1-14-18(20(28)21(24)29)19-16(26(14)13-15-9-6-5-7-10-15)11-8-12-17(19)31-23(22(25)30)27(2,3)4;/h5-12,23H,13H2,1-4H3,(H3-,24,25,29,30);1H/p+1. The number of nitrogens with zero attached hydrogens (tertiary/aromatic N) is 2. The lowest BCUT2D eigenvalue weighted by Crippen LogP contribution is -2.55. The molecule has 0 radical (unpaired) electrons. The van der Waals surface area contributed by atoms with E-state index in [4.69, 9.17) is 16.2 Å². The van der Waals surface area contributed by atoms with Gasteiger partial charge < -0.3 is 20.8 Å². The predicted octanol–water partition coefficient (Wildman–Crippen LogP) is 1.98. The SMILES string of the molecule is Cc1c(C(=O)C(N)=O)c2c(OC(C(N)=O)[N+](C)(C)C)cccc2n1Cc1ccccc1.Cl. The third kappa shape index (κ3) is 4.76. The largest absolute Gasteiger partial charge is 0.433 e. The predicted molar refractivity (Wildman–Crippen MR) is 125 cm³/mol. The van der Waals surface area contributed by atoms with Crippen molar-refractivity contribution in [2.24, 2.45) is 11.5 Å². The van der Waals surface area contributed by atoms with Crippen LogP contribution < -0.4 is 16.2 Å². The summed E-state index contributed by atoms with van der Waals surface area (Å²) in [6.45, 7) is 2.24. The zero-order valence-electron chi connectivity index (χ0n) is 18.5. The Balaban J connectivity index is 0.00000363. The van der Waals surface area contributed by atoms with Gasteiger partial charge >= 0.3 is 12.1 Å². The molecule has 1 unspecified atom stereocenters. The molecule has 9 heteroatoms. The molecule has 3 rings (SSSR count). The number of carbonyl (C=O) groups is 3. The van der Waals surface area contributed by atoms with Gasteiger partial charge in [-0.1, -0.05) is 36.4 Å². The third-order valence-electron chi connectivity index (χ3n) is 5.13. The maximum atomic E-state index is 12.8. The van der Waals surface area contributed by atoms with Crippen molar-refractivity contribution in [3.63, 3.8) is 0 Å². The van der Waals surface area contributed by atoms with Crippen LogP contribution in [0.4, 0.5) is 0 Å². The summed E-state index contributed by atoms with van der Waals surface area (Å²) in [5.41, 5.74) is 13.4. The van der Waals surface area contributed by atoms with E-state index in [0.717, 1.165) is 5.56 Å². The first-order valence-corrected chi connectivity index (χ1v) is 9.79. The van der Waals surface area contributed by atoms with Crippen LogP contribution in [0.3, 0.4) is 0 Å². The van der Waals surface area contributed by atoms with Crippen molar-refractivity contribution in [1.82, 2.24) is 4.57 Å². The molecule has 0 bridgehead atoms.